The average molecular weight is 577 g/mol. The number of rotatable bonds is 8. The van der Waals surface area contributed by atoms with Crippen LogP contribution in [-0.4, -0.2) is 56.8 Å². The van der Waals surface area contributed by atoms with E-state index in [1.807, 2.05) is 48.5 Å². The van der Waals surface area contributed by atoms with Crippen molar-refractivity contribution >= 4 is 33.9 Å². The predicted octanol–water partition coefficient (Wildman–Crippen LogP) is 4.87. The van der Waals surface area contributed by atoms with Crippen LogP contribution in [-0.2, 0) is 14.3 Å². The highest BCUT2D eigenvalue weighted by atomic mass is 79.9. The van der Waals surface area contributed by atoms with Crippen molar-refractivity contribution in [3.8, 4) is 34.4 Å². The second-order valence-electron chi connectivity index (χ2n) is 8.26. The molecule has 0 atom stereocenters. The van der Waals surface area contributed by atoms with Crippen LogP contribution in [0, 0.1) is 11.3 Å². The molecule has 3 aromatic rings. The third-order valence-electron chi connectivity index (χ3n) is 5.76. The number of morpholine rings is 1. The van der Waals surface area contributed by atoms with Crippen LogP contribution in [0.1, 0.15) is 5.56 Å². The monoisotopic (exact) mass is 576 g/mol. The van der Waals surface area contributed by atoms with E-state index >= 15 is 0 Å². The summed E-state index contributed by atoms with van der Waals surface area (Å²) in [5.74, 6) is -0.00868. The van der Waals surface area contributed by atoms with E-state index in [0.29, 0.717) is 42.1 Å². The van der Waals surface area contributed by atoms with Crippen LogP contribution in [0.15, 0.2) is 76.8 Å². The Balaban J connectivity index is 1.39. The van der Waals surface area contributed by atoms with Crippen molar-refractivity contribution in [2.45, 2.75) is 0 Å². The zero-order valence-corrected chi connectivity index (χ0v) is 22.3. The molecular weight excluding hydrogens is 552 g/mol. The number of methoxy groups -OCH3 is 1. The van der Waals surface area contributed by atoms with Crippen molar-refractivity contribution in [1.29, 1.82) is 5.26 Å². The fraction of sp³-hybridized carbons (Fsp3) is 0.207. The summed E-state index contributed by atoms with van der Waals surface area (Å²) in [5.41, 5.74) is 2.63. The Bertz CT molecular complexity index is 1380. The molecule has 1 saturated heterocycles. The number of esters is 1. The van der Waals surface area contributed by atoms with Crippen LogP contribution in [0.25, 0.3) is 17.2 Å². The number of nitriles is 1. The number of hydrogen-bond donors (Lipinski definition) is 0. The molecule has 0 saturated carbocycles. The maximum atomic E-state index is 12.7. The first-order valence-electron chi connectivity index (χ1n) is 11.8. The fourth-order valence-corrected chi connectivity index (χ4v) is 4.31. The van der Waals surface area contributed by atoms with Gasteiger partial charge in [-0.2, -0.15) is 5.26 Å². The normalized spacial score (nSPS) is 13.4. The van der Waals surface area contributed by atoms with Crippen LogP contribution in [0.2, 0.25) is 0 Å². The van der Waals surface area contributed by atoms with Crippen molar-refractivity contribution in [2.75, 3.05) is 40.0 Å². The molecule has 3 aromatic carbocycles. The zero-order chi connectivity index (χ0) is 26.9. The molecule has 0 unspecified atom stereocenters. The first-order valence-corrected chi connectivity index (χ1v) is 12.6. The molecule has 194 valence electrons. The summed E-state index contributed by atoms with van der Waals surface area (Å²) < 4.78 is 22.4. The topological polar surface area (TPSA) is 98.1 Å². The second-order valence-corrected chi connectivity index (χ2v) is 9.11. The first-order chi connectivity index (χ1) is 18.5. The number of nitrogens with zero attached hydrogens (tertiary/aromatic N) is 2. The highest BCUT2D eigenvalue weighted by molar-refractivity contribution is 9.10. The largest absolute Gasteiger partial charge is 0.493 e. The number of ether oxygens (including phenoxy) is 4. The summed E-state index contributed by atoms with van der Waals surface area (Å²) in [6.07, 6.45) is 1.48. The maximum absolute atomic E-state index is 12.7. The van der Waals surface area contributed by atoms with E-state index in [-0.39, 0.29) is 29.6 Å². The lowest BCUT2D eigenvalue weighted by Gasteiger charge is -2.26. The van der Waals surface area contributed by atoms with Crippen molar-refractivity contribution in [3.05, 3.63) is 82.3 Å². The average Bonchev–Trinajstić information content (AvgIpc) is 2.96. The van der Waals surface area contributed by atoms with Crippen molar-refractivity contribution in [3.63, 3.8) is 0 Å². The van der Waals surface area contributed by atoms with E-state index in [1.54, 1.807) is 29.2 Å². The maximum Gasteiger partial charge on any atom is 0.349 e. The number of hydrogen-bond acceptors (Lipinski definition) is 7. The summed E-state index contributed by atoms with van der Waals surface area (Å²) in [7, 11) is 1.44. The van der Waals surface area contributed by atoms with E-state index in [2.05, 4.69) is 15.9 Å². The zero-order valence-electron chi connectivity index (χ0n) is 20.7. The lowest BCUT2D eigenvalue weighted by atomic mass is 10.1. The minimum atomic E-state index is -0.620. The Morgan fingerprint density at radius 3 is 2.42 bits per heavy atom. The molecular formula is C29H25BrN2O6. The Morgan fingerprint density at radius 1 is 1.00 bits per heavy atom. The number of carbonyl (C=O) groups excluding carboxylic acids is 2. The van der Waals surface area contributed by atoms with Gasteiger partial charge in [-0.3, -0.25) is 4.79 Å². The van der Waals surface area contributed by atoms with Gasteiger partial charge in [0.25, 0.3) is 5.91 Å². The van der Waals surface area contributed by atoms with Crippen LogP contribution >= 0.6 is 15.9 Å². The van der Waals surface area contributed by atoms with Gasteiger partial charge in [0.15, 0.2) is 18.1 Å². The Hall–Kier alpha value is -4.13. The minimum absolute atomic E-state index is 0.00374. The summed E-state index contributed by atoms with van der Waals surface area (Å²) in [6, 6.07) is 22.3. The van der Waals surface area contributed by atoms with E-state index in [0.717, 1.165) is 11.1 Å². The lowest BCUT2D eigenvalue weighted by molar-refractivity contribution is -0.136. The quantitative estimate of drug-likeness (QED) is 0.163. The molecule has 0 aliphatic carbocycles. The van der Waals surface area contributed by atoms with Crippen LogP contribution in [0.4, 0.5) is 0 Å². The molecule has 1 heterocycles. The molecule has 1 aliphatic heterocycles. The summed E-state index contributed by atoms with van der Waals surface area (Å²) in [4.78, 5) is 26.7. The summed E-state index contributed by atoms with van der Waals surface area (Å²) >= 11 is 3.49. The van der Waals surface area contributed by atoms with Crippen LogP contribution in [0.3, 0.4) is 0 Å². The predicted molar refractivity (Wildman–Crippen MR) is 145 cm³/mol. The van der Waals surface area contributed by atoms with Gasteiger partial charge in [0.05, 0.1) is 24.8 Å². The van der Waals surface area contributed by atoms with Gasteiger partial charge in [-0.15, -0.1) is 0 Å². The summed E-state index contributed by atoms with van der Waals surface area (Å²) in [5, 5.41) is 9.52. The molecule has 8 nitrogen and oxygen atoms in total. The van der Waals surface area contributed by atoms with Crippen LogP contribution in [0.5, 0.6) is 17.2 Å². The highest BCUT2D eigenvalue weighted by Crippen LogP contribution is 2.32. The highest BCUT2D eigenvalue weighted by Gasteiger charge is 2.21. The smallest absolute Gasteiger partial charge is 0.349 e. The summed E-state index contributed by atoms with van der Waals surface area (Å²) in [6.45, 7) is 1.44. The van der Waals surface area contributed by atoms with Gasteiger partial charge in [0.2, 0.25) is 0 Å². The first kappa shape index (κ1) is 26.9. The molecule has 0 aromatic heterocycles. The minimum Gasteiger partial charge on any atom is -0.493 e. The van der Waals surface area contributed by atoms with Gasteiger partial charge >= 0.3 is 5.97 Å². The molecule has 1 fully saturated rings. The van der Waals surface area contributed by atoms with Gasteiger partial charge in [-0.25, -0.2) is 4.79 Å². The molecule has 1 amide bonds. The Kier molecular flexibility index (Phi) is 9.14. The molecule has 4 rings (SSSR count). The SMILES string of the molecule is COc1cc(/C=C(\C#N)C(=O)N2CCOCC2)ccc1OC(=O)COc1ccc(-c2ccccc2)cc1Br. The molecule has 38 heavy (non-hydrogen) atoms. The third kappa shape index (κ3) is 6.79. The van der Waals surface area contributed by atoms with Gasteiger partial charge in [-0.1, -0.05) is 42.5 Å². The van der Waals surface area contributed by atoms with Crippen LogP contribution < -0.4 is 14.2 Å². The van der Waals surface area contributed by atoms with Crippen molar-refractivity contribution in [2.24, 2.45) is 0 Å². The van der Waals surface area contributed by atoms with Gasteiger partial charge in [0, 0.05) is 13.1 Å². The number of carbonyl (C=O) groups is 2. The van der Waals surface area contributed by atoms with E-state index in [4.69, 9.17) is 18.9 Å². The van der Waals surface area contributed by atoms with E-state index in [9.17, 15) is 14.9 Å². The van der Waals surface area contributed by atoms with Gasteiger partial charge < -0.3 is 23.8 Å². The van der Waals surface area contributed by atoms with Crippen molar-refractivity contribution in [1.82, 2.24) is 4.90 Å². The molecule has 1 aliphatic rings. The van der Waals surface area contributed by atoms with E-state index in [1.165, 1.54) is 13.2 Å². The number of halogens is 1. The molecule has 0 radical (unpaired) electrons. The standard InChI is InChI=1S/C29H25BrN2O6/c1-35-27-16-20(15-23(18-31)29(34)32-11-13-36-14-12-32)7-9-26(27)38-28(33)19-37-25-10-8-22(17-24(25)30)21-5-3-2-4-6-21/h2-10,15-17H,11-14,19H2,1H3/b23-15+. The lowest BCUT2D eigenvalue weighted by Crippen LogP contribution is -2.41. The third-order valence-corrected chi connectivity index (χ3v) is 6.38. The molecule has 9 heteroatoms. The molecule has 0 N–H and O–H groups in total. The van der Waals surface area contributed by atoms with Gasteiger partial charge in [-0.05, 0) is 63.0 Å². The fourth-order valence-electron chi connectivity index (χ4n) is 3.82. The van der Waals surface area contributed by atoms with Crippen molar-refractivity contribution < 1.29 is 28.5 Å². The Labute approximate surface area is 229 Å². The van der Waals surface area contributed by atoms with E-state index < -0.39 is 5.97 Å². The Morgan fingerprint density at radius 2 is 1.74 bits per heavy atom. The second kappa shape index (κ2) is 12.9. The molecule has 0 spiro atoms. The van der Waals surface area contributed by atoms with Gasteiger partial charge in [0.1, 0.15) is 17.4 Å². The molecule has 0 bridgehead atoms. The number of benzene rings is 3. The number of amides is 1.